The number of para-hydroxylation sites is 1. The fourth-order valence-electron chi connectivity index (χ4n) is 3.07. The molecule has 1 aromatic heterocycles. The molecule has 0 unspecified atom stereocenters. The zero-order valence-electron chi connectivity index (χ0n) is 19.5. The van der Waals surface area contributed by atoms with Crippen LogP contribution in [0, 0.1) is 25.2 Å². The van der Waals surface area contributed by atoms with Crippen molar-refractivity contribution in [1.29, 1.82) is 5.26 Å². The first kappa shape index (κ1) is 24.4. The molecule has 1 amide bonds. The van der Waals surface area contributed by atoms with E-state index in [1.165, 1.54) is 6.08 Å². The molecular formula is C26H27N3O5. The van der Waals surface area contributed by atoms with Crippen LogP contribution in [0.1, 0.15) is 30.2 Å². The molecule has 0 aliphatic rings. The maximum absolute atomic E-state index is 12.4. The monoisotopic (exact) mass is 461 g/mol. The molecule has 176 valence electrons. The number of aryl methyl sites for hydroxylation is 2. The predicted octanol–water partition coefficient (Wildman–Crippen LogP) is 5.08. The van der Waals surface area contributed by atoms with Crippen molar-refractivity contribution in [2.24, 2.45) is 0 Å². The Morgan fingerprint density at radius 2 is 1.82 bits per heavy atom. The van der Waals surface area contributed by atoms with Crippen LogP contribution in [0.5, 0.6) is 17.2 Å². The van der Waals surface area contributed by atoms with Gasteiger partial charge in [0.1, 0.15) is 23.2 Å². The minimum Gasteiger partial charge on any atom is -0.493 e. The van der Waals surface area contributed by atoms with E-state index in [0.717, 1.165) is 11.3 Å². The van der Waals surface area contributed by atoms with Crippen LogP contribution in [-0.4, -0.2) is 30.9 Å². The molecule has 3 aromatic rings. The molecule has 0 saturated heterocycles. The smallest absolute Gasteiger partial charge is 0.267 e. The average Bonchev–Trinajstić information content (AvgIpc) is 3.24. The number of anilines is 1. The molecule has 0 aliphatic carbocycles. The van der Waals surface area contributed by atoms with E-state index < -0.39 is 5.91 Å². The average molecular weight is 462 g/mol. The Balaban J connectivity index is 1.61. The van der Waals surface area contributed by atoms with Crippen molar-refractivity contribution in [3.05, 3.63) is 71.0 Å². The van der Waals surface area contributed by atoms with Crippen molar-refractivity contribution in [2.75, 3.05) is 25.1 Å². The molecule has 0 saturated carbocycles. The van der Waals surface area contributed by atoms with Crippen LogP contribution in [0.25, 0.3) is 6.08 Å². The Bertz CT molecular complexity index is 1190. The molecule has 0 radical (unpaired) electrons. The van der Waals surface area contributed by atoms with Gasteiger partial charge in [-0.25, -0.2) is 0 Å². The summed E-state index contributed by atoms with van der Waals surface area (Å²) in [6.45, 7) is 7.01. The first-order chi connectivity index (χ1) is 16.5. The van der Waals surface area contributed by atoms with Crippen LogP contribution in [0.3, 0.4) is 0 Å². The topological polar surface area (TPSA) is 107 Å². The van der Waals surface area contributed by atoms with E-state index in [1.807, 2.05) is 44.2 Å². The van der Waals surface area contributed by atoms with Crippen LogP contribution in [0.15, 0.2) is 58.6 Å². The van der Waals surface area contributed by atoms with Gasteiger partial charge in [-0.05, 0) is 56.2 Å². The number of nitrogens with zero attached hydrogens (tertiary/aromatic N) is 2. The fourth-order valence-corrected chi connectivity index (χ4v) is 3.07. The van der Waals surface area contributed by atoms with Crippen LogP contribution in [0.2, 0.25) is 0 Å². The number of ether oxygens (including phenoxy) is 3. The number of carbonyl (C=O) groups excluding carboxylic acids is 1. The Labute approximate surface area is 198 Å². The summed E-state index contributed by atoms with van der Waals surface area (Å²) in [5.74, 6) is 2.19. The zero-order valence-corrected chi connectivity index (χ0v) is 19.5. The summed E-state index contributed by atoms with van der Waals surface area (Å²) in [6.07, 6.45) is 2.17. The molecule has 2 aromatic carbocycles. The standard InChI is InChI=1S/C26H27N3O5/c1-4-31-24-16-20(15-21(17-27)26(30)28-25-14-19(3)34-29-25)10-11-23(24)33-13-7-12-32-22-9-6-5-8-18(22)2/h5-6,8-11,14-16H,4,7,12-13H2,1-3H3,(H,28,29,30). The number of rotatable bonds is 11. The highest BCUT2D eigenvalue weighted by Crippen LogP contribution is 2.29. The van der Waals surface area contributed by atoms with Crippen molar-refractivity contribution in [3.8, 4) is 23.3 Å². The molecule has 8 nitrogen and oxygen atoms in total. The lowest BCUT2D eigenvalue weighted by Gasteiger charge is -2.13. The summed E-state index contributed by atoms with van der Waals surface area (Å²) in [5.41, 5.74) is 1.64. The second kappa shape index (κ2) is 12.1. The molecule has 0 fully saturated rings. The third-order valence-corrected chi connectivity index (χ3v) is 4.71. The van der Waals surface area contributed by atoms with Crippen molar-refractivity contribution >= 4 is 17.8 Å². The highest BCUT2D eigenvalue weighted by molar-refractivity contribution is 6.09. The normalized spacial score (nSPS) is 10.9. The van der Waals surface area contributed by atoms with E-state index in [1.54, 1.807) is 31.2 Å². The lowest BCUT2D eigenvalue weighted by Crippen LogP contribution is -2.13. The third kappa shape index (κ3) is 6.87. The van der Waals surface area contributed by atoms with Gasteiger partial charge in [-0.15, -0.1) is 0 Å². The molecule has 0 aliphatic heterocycles. The fraction of sp³-hybridized carbons (Fsp3) is 0.269. The van der Waals surface area contributed by atoms with Gasteiger partial charge in [0.05, 0.1) is 19.8 Å². The molecule has 8 heteroatoms. The van der Waals surface area contributed by atoms with Gasteiger partial charge in [-0.3, -0.25) is 4.79 Å². The molecule has 1 N–H and O–H groups in total. The predicted molar refractivity (Wildman–Crippen MR) is 128 cm³/mol. The van der Waals surface area contributed by atoms with Gasteiger partial charge < -0.3 is 24.1 Å². The number of hydrogen-bond acceptors (Lipinski definition) is 7. The summed E-state index contributed by atoms with van der Waals surface area (Å²) in [6, 6.07) is 16.6. The number of hydrogen-bond donors (Lipinski definition) is 1. The van der Waals surface area contributed by atoms with Crippen molar-refractivity contribution in [2.45, 2.75) is 27.2 Å². The van der Waals surface area contributed by atoms with E-state index in [2.05, 4.69) is 10.5 Å². The first-order valence-electron chi connectivity index (χ1n) is 10.9. The van der Waals surface area contributed by atoms with Gasteiger partial charge in [-0.2, -0.15) is 5.26 Å². The largest absolute Gasteiger partial charge is 0.493 e. The van der Waals surface area contributed by atoms with E-state index in [-0.39, 0.29) is 11.4 Å². The van der Waals surface area contributed by atoms with Gasteiger partial charge in [0.25, 0.3) is 5.91 Å². The summed E-state index contributed by atoms with van der Waals surface area (Å²) in [4.78, 5) is 12.4. The molecule has 0 spiro atoms. The minimum atomic E-state index is -0.581. The van der Waals surface area contributed by atoms with Crippen LogP contribution >= 0.6 is 0 Å². The molecule has 1 heterocycles. The third-order valence-electron chi connectivity index (χ3n) is 4.71. The Hall–Kier alpha value is -4.25. The number of benzene rings is 2. The van der Waals surface area contributed by atoms with Crippen molar-refractivity contribution in [3.63, 3.8) is 0 Å². The number of aromatic nitrogens is 1. The molecule has 3 rings (SSSR count). The van der Waals surface area contributed by atoms with Crippen molar-refractivity contribution in [1.82, 2.24) is 5.16 Å². The minimum absolute atomic E-state index is 0.0786. The SMILES string of the molecule is CCOc1cc(C=C(C#N)C(=O)Nc2cc(C)on2)ccc1OCCCOc1ccccc1C. The van der Waals surface area contributed by atoms with Crippen LogP contribution in [-0.2, 0) is 4.79 Å². The second-order valence-corrected chi connectivity index (χ2v) is 7.40. The van der Waals surface area contributed by atoms with Gasteiger partial charge in [0.2, 0.25) is 0 Å². The van der Waals surface area contributed by atoms with Gasteiger partial charge in [0.15, 0.2) is 17.3 Å². The lowest BCUT2D eigenvalue weighted by atomic mass is 10.1. The molecule has 34 heavy (non-hydrogen) atoms. The Morgan fingerprint density at radius 3 is 2.50 bits per heavy atom. The molecule has 0 atom stereocenters. The molecular weight excluding hydrogens is 434 g/mol. The van der Waals surface area contributed by atoms with E-state index >= 15 is 0 Å². The van der Waals surface area contributed by atoms with Gasteiger partial charge in [0, 0.05) is 12.5 Å². The number of nitriles is 1. The van der Waals surface area contributed by atoms with E-state index in [4.69, 9.17) is 18.7 Å². The van der Waals surface area contributed by atoms with Crippen LogP contribution < -0.4 is 19.5 Å². The maximum Gasteiger partial charge on any atom is 0.267 e. The highest BCUT2D eigenvalue weighted by Gasteiger charge is 2.13. The lowest BCUT2D eigenvalue weighted by molar-refractivity contribution is -0.112. The van der Waals surface area contributed by atoms with Crippen molar-refractivity contribution < 1.29 is 23.5 Å². The number of nitrogens with one attached hydrogen (secondary N) is 1. The molecule has 0 bridgehead atoms. The summed E-state index contributed by atoms with van der Waals surface area (Å²) in [5, 5.41) is 15.7. The van der Waals surface area contributed by atoms with E-state index in [9.17, 15) is 10.1 Å². The first-order valence-corrected chi connectivity index (χ1v) is 10.9. The summed E-state index contributed by atoms with van der Waals surface area (Å²) < 4.78 is 22.3. The summed E-state index contributed by atoms with van der Waals surface area (Å²) in [7, 11) is 0. The number of amides is 1. The summed E-state index contributed by atoms with van der Waals surface area (Å²) >= 11 is 0. The number of carbonyl (C=O) groups is 1. The second-order valence-electron chi connectivity index (χ2n) is 7.40. The van der Waals surface area contributed by atoms with Gasteiger partial charge >= 0.3 is 0 Å². The Morgan fingerprint density at radius 1 is 1.06 bits per heavy atom. The highest BCUT2D eigenvalue weighted by atomic mass is 16.5. The van der Waals surface area contributed by atoms with Gasteiger partial charge in [-0.1, -0.05) is 29.4 Å². The maximum atomic E-state index is 12.4. The quantitative estimate of drug-likeness (QED) is 0.241. The van der Waals surface area contributed by atoms with E-state index in [0.29, 0.717) is 49.1 Å². The Kier molecular flexibility index (Phi) is 8.69. The zero-order chi connectivity index (χ0) is 24.3. The van der Waals surface area contributed by atoms with Crippen LogP contribution in [0.4, 0.5) is 5.82 Å².